The smallest absolute Gasteiger partial charge is 0.256 e. The van der Waals surface area contributed by atoms with E-state index in [1.54, 1.807) is 43.3 Å². The second-order valence-corrected chi connectivity index (χ2v) is 4.92. The van der Waals surface area contributed by atoms with E-state index in [4.69, 9.17) is 28.9 Å². The maximum Gasteiger partial charge on any atom is 0.256 e. The van der Waals surface area contributed by atoms with Gasteiger partial charge in [0.2, 0.25) is 0 Å². The highest BCUT2D eigenvalue weighted by Gasteiger charge is 2.11. The van der Waals surface area contributed by atoms with Gasteiger partial charge in [0.25, 0.3) is 5.91 Å². The van der Waals surface area contributed by atoms with Crippen LogP contribution >= 0.6 is 23.2 Å². The Balaban J connectivity index is 2.26. The zero-order valence-electron chi connectivity index (χ0n) is 10.2. The molecule has 0 aliphatic carbocycles. The normalized spacial score (nSPS) is 10.3. The van der Waals surface area contributed by atoms with Gasteiger partial charge in [-0.05, 0) is 42.8 Å². The highest BCUT2D eigenvalue weighted by Crippen LogP contribution is 2.25. The molecule has 0 aromatic heterocycles. The average Bonchev–Trinajstić information content (AvgIpc) is 2.37. The molecule has 2 aromatic rings. The van der Waals surface area contributed by atoms with Gasteiger partial charge >= 0.3 is 0 Å². The van der Waals surface area contributed by atoms with Gasteiger partial charge in [-0.25, -0.2) is 0 Å². The Morgan fingerprint density at radius 3 is 2.58 bits per heavy atom. The van der Waals surface area contributed by atoms with Gasteiger partial charge in [0.1, 0.15) is 0 Å². The Labute approximate surface area is 121 Å². The molecule has 1 amide bonds. The van der Waals surface area contributed by atoms with Crippen molar-refractivity contribution in [1.29, 1.82) is 0 Å². The number of hydrogen-bond acceptors (Lipinski definition) is 2. The predicted octanol–water partition coefficient (Wildman–Crippen LogP) is 4.14. The first-order valence-electron chi connectivity index (χ1n) is 5.60. The van der Waals surface area contributed by atoms with E-state index < -0.39 is 0 Å². The molecule has 0 saturated heterocycles. The number of amides is 1. The number of carbonyl (C=O) groups excluding carboxylic acids is 1. The molecule has 0 saturated carbocycles. The third kappa shape index (κ3) is 3.00. The minimum absolute atomic E-state index is 0.233. The number of benzene rings is 2. The molecule has 3 N–H and O–H groups in total. The molecule has 0 spiro atoms. The van der Waals surface area contributed by atoms with Crippen LogP contribution in [0.1, 0.15) is 15.9 Å². The fraction of sp³-hybridized carbons (Fsp3) is 0.0714. The summed E-state index contributed by atoms with van der Waals surface area (Å²) in [5.41, 5.74) is 8.23. The van der Waals surface area contributed by atoms with E-state index >= 15 is 0 Å². The minimum Gasteiger partial charge on any atom is -0.398 e. The van der Waals surface area contributed by atoms with Gasteiger partial charge in [0, 0.05) is 16.9 Å². The van der Waals surface area contributed by atoms with E-state index in [9.17, 15) is 4.79 Å². The molecule has 19 heavy (non-hydrogen) atoms. The summed E-state index contributed by atoms with van der Waals surface area (Å²) in [7, 11) is 0. The van der Waals surface area contributed by atoms with Gasteiger partial charge in [-0.3, -0.25) is 4.79 Å². The van der Waals surface area contributed by atoms with Crippen molar-refractivity contribution in [2.24, 2.45) is 0 Å². The summed E-state index contributed by atoms with van der Waals surface area (Å²) in [5, 5.41) is 3.59. The van der Waals surface area contributed by atoms with Crippen LogP contribution in [0.4, 0.5) is 11.4 Å². The summed E-state index contributed by atoms with van der Waals surface area (Å²) in [6.07, 6.45) is 0. The average molecular weight is 295 g/mol. The van der Waals surface area contributed by atoms with E-state index in [1.807, 2.05) is 0 Å². The van der Waals surface area contributed by atoms with Crippen molar-refractivity contribution < 1.29 is 4.79 Å². The molecule has 5 heteroatoms. The van der Waals surface area contributed by atoms with Gasteiger partial charge in [-0.1, -0.05) is 29.3 Å². The van der Waals surface area contributed by atoms with Crippen LogP contribution in [0.25, 0.3) is 0 Å². The Morgan fingerprint density at radius 2 is 1.89 bits per heavy atom. The van der Waals surface area contributed by atoms with E-state index in [1.165, 1.54) is 0 Å². The fourth-order valence-corrected chi connectivity index (χ4v) is 1.97. The van der Waals surface area contributed by atoms with Crippen LogP contribution in [-0.4, -0.2) is 5.91 Å². The third-order valence-corrected chi connectivity index (χ3v) is 3.54. The zero-order chi connectivity index (χ0) is 14.0. The maximum atomic E-state index is 12.1. The van der Waals surface area contributed by atoms with Gasteiger partial charge in [-0.15, -0.1) is 0 Å². The van der Waals surface area contributed by atoms with Gasteiger partial charge in [0.15, 0.2) is 0 Å². The lowest BCUT2D eigenvalue weighted by atomic mass is 10.1. The molecule has 0 fully saturated rings. The highest BCUT2D eigenvalue weighted by atomic mass is 35.5. The number of carbonyl (C=O) groups is 1. The van der Waals surface area contributed by atoms with Gasteiger partial charge < -0.3 is 11.1 Å². The van der Waals surface area contributed by atoms with E-state index in [0.29, 0.717) is 27.0 Å². The monoisotopic (exact) mass is 294 g/mol. The Morgan fingerprint density at radius 1 is 1.16 bits per heavy atom. The molecule has 0 atom stereocenters. The largest absolute Gasteiger partial charge is 0.398 e. The molecule has 0 unspecified atom stereocenters. The first-order chi connectivity index (χ1) is 8.99. The first kappa shape index (κ1) is 13.7. The van der Waals surface area contributed by atoms with Crippen LogP contribution in [-0.2, 0) is 0 Å². The summed E-state index contributed by atoms with van der Waals surface area (Å²) in [6.45, 7) is 1.80. The molecule has 2 rings (SSSR count). The van der Waals surface area contributed by atoms with Crippen molar-refractivity contribution in [3.05, 3.63) is 57.6 Å². The van der Waals surface area contributed by atoms with Crippen molar-refractivity contribution in [3.8, 4) is 0 Å². The van der Waals surface area contributed by atoms with Crippen LogP contribution in [0, 0.1) is 6.92 Å². The molecule has 0 bridgehead atoms. The zero-order valence-corrected chi connectivity index (χ0v) is 11.7. The molecule has 98 valence electrons. The van der Waals surface area contributed by atoms with Crippen molar-refractivity contribution >= 4 is 40.5 Å². The molecule has 2 aromatic carbocycles. The lowest BCUT2D eigenvalue weighted by Gasteiger charge is -2.09. The van der Waals surface area contributed by atoms with E-state index in [2.05, 4.69) is 5.32 Å². The second kappa shape index (κ2) is 5.51. The number of hydrogen-bond donors (Lipinski definition) is 2. The maximum absolute atomic E-state index is 12.1. The lowest BCUT2D eigenvalue weighted by molar-refractivity contribution is 0.102. The second-order valence-electron chi connectivity index (χ2n) is 4.10. The van der Waals surface area contributed by atoms with Gasteiger partial charge in [0.05, 0.1) is 10.0 Å². The van der Waals surface area contributed by atoms with Crippen LogP contribution in [0.3, 0.4) is 0 Å². The predicted molar refractivity (Wildman–Crippen MR) is 80.0 cm³/mol. The summed E-state index contributed by atoms with van der Waals surface area (Å²) in [5.74, 6) is -0.233. The number of rotatable bonds is 2. The quantitative estimate of drug-likeness (QED) is 0.818. The molecular formula is C14H12Cl2N2O. The summed E-state index contributed by atoms with van der Waals surface area (Å²) >= 11 is 11.7. The Kier molecular flexibility index (Phi) is 3.98. The van der Waals surface area contributed by atoms with Crippen LogP contribution in [0.2, 0.25) is 10.0 Å². The summed E-state index contributed by atoms with van der Waals surface area (Å²) in [6, 6.07) is 10.1. The van der Waals surface area contributed by atoms with Crippen molar-refractivity contribution in [3.63, 3.8) is 0 Å². The minimum atomic E-state index is -0.233. The van der Waals surface area contributed by atoms with E-state index in [-0.39, 0.29) is 5.91 Å². The number of anilines is 2. The van der Waals surface area contributed by atoms with Crippen molar-refractivity contribution in [1.82, 2.24) is 0 Å². The summed E-state index contributed by atoms with van der Waals surface area (Å²) in [4.78, 5) is 12.1. The SMILES string of the molecule is Cc1c(N)cccc1C(=O)Nc1ccc(Cl)c(Cl)c1. The highest BCUT2D eigenvalue weighted by molar-refractivity contribution is 6.42. The Hall–Kier alpha value is -1.71. The number of nitrogen functional groups attached to an aromatic ring is 1. The van der Waals surface area contributed by atoms with E-state index in [0.717, 1.165) is 5.56 Å². The topological polar surface area (TPSA) is 55.1 Å². The van der Waals surface area contributed by atoms with Crippen LogP contribution in [0.15, 0.2) is 36.4 Å². The van der Waals surface area contributed by atoms with Crippen LogP contribution in [0.5, 0.6) is 0 Å². The molecule has 3 nitrogen and oxygen atoms in total. The molecule has 0 aliphatic heterocycles. The standard InChI is InChI=1S/C14H12Cl2N2O/c1-8-10(3-2-4-13(8)17)14(19)18-9-5-6-11(15)12(16)7-9/h2-7H,17H2,1H3,(H,18,19). The summed E-state index contributed by atoms with van der Waals surface area (Å²) < 4.78 is 0. The number of nitrogens with one attached hydrogen (secondary N) is 1. The van der Waals surface area contributed by atoms with Crippen molar-refractivity contribution in [2.75, 3.05) is 11.1 Å². The molecule has 0 heterocycles. The van der Waals surface area contributed by atoms with Crippen molar-refractivity contribution in [2.45, 2.75) is 6.92 Å². The lowest BCUT2D eigenvalue weighted by Crippen LogP contribution is -2.14. The number of nitrogens with two attached hydrogens (primary N) is 1. The third-order valence-electron chi connectivity index (χ3n) is 2.80. The first-order valence-corrected chi connectivity index (χ1v) is 6.36. The molecular weight excluding hydrogens is 283 g/mol. The number of halogens is 2. The van der Waals surface area contributed by atoms with Crippen LogP contribution < -0.4 is 11.1 Å². The van der Waals surface area contributed by atoms with Gasteiger partial charge in [-0.2, -0.15) is 0 Å². The fourth-order valence-electron chi connectivity index (χ4n) is 1.67. The molecule has 0 aliphatic rings. The molecule has 0 radical (unpaired) electrons. The Bertz CT molecular complexity index is 641.